The SMILES string of the molecule is Cn1ccnc1[C@H]1OCCC[C@@H]1N[C@H]1CCCSC1. The van der Waals surface area contributed by atoms with E-state index in [-0.39, 0.29) is 6.10 Å². The van der Waals surface area contributed by atoms with Gasteiger partial charge in [0.05, 0.1) is 0 Å². The third-order valence-corrected chi connectivity index (χ3v) is 5.26. The molecule has 3 atom stereocenters. The van der Waals surface area contributed by atoms with E-state index in [1.165, 1.54) is 30.8 Å². The molecule has 2 saturated heterocycles. The summed E-state index contributed by atoms with van der Waals surface area (Å²) in [5, 5.41) is 3.82. The number of rotatable bonds is 3. The predicted molar refractivity (Wildman–Crippen MR) is 78.4 cm³/mol. The Morgan fingerprint density at radius 1 is 1.42 bits per heavy atom. The average molecular weight is 281 g/mol. The van der Waals surface area contributed by atoms with Crippen LogP contribution in [0.5, 0.6) is 0 Å². The molecule has 1 aromatic rings. The van der Waals surface area contributed by atoms with Crippen LogP contribution in [0.2, 0.25) is 0 Å². The van der Waals surface area contributed by atoms with Gasteiger partial charge >= 0.3 is 0 Å². The summed E-state index contributed by atoms with van der Waals surface area (Å²) in [4.78, 5) is 4.48. The lowest BCUT2D eigenvalue weighted by molar-refractivity contribution is -0.0200. The van der Waals surface area contributed by atoms with Gasteiger partial charge in [0.1, 0.15) is 11.9 Å². The van der Waals surface area contributed by atoms with Gasteiger partial charge < -0.3 is 14.6 Å². The summed E-state index contributed by atoms with van der Waals surface area (Å²) in [6, 6.07) is 1.06. The van der Waals surface area contributed by atoms with Crippen molar-refractivity contribution in [2.75, 3.05) is 18.1 Å². The zero-order valence-corrected chi connectivity index (χ0v) is 12.4. The quantitative estimate of drug-likeness (QED) is 0.921. The lowest BCUT2D eigenvalue weighted by Crippen LogP contribution is -2.47. The molecule has 2 fully saturated rings. The minimum atomic E-state index is 0.112. The highest BCUT2D eigenvalue weighted by Gasteiger charge is 2.32. The van der Waals surface area contributed by atoms with E-state index in [2.05, 4.69) is 26.6 Å². The number of hydrogen-bond donors (Lipinski definition) is 1. The maximum atomic E-state index is 6.00. The molecular formula is C14H23N3OS. The molecule has 0 unspecified atom stereocenters. The fourth-order valence-electron chi connectivity index (χ4n) is 3.03. The highest BCUT2D eigenvalue weighted by Crippen LogP contribution is 2.28. The normalized spacial score (nSPS) is 32.4. The topological polar surface area (TPSA) is 39.1 Å². The fourth-order valence-corrected chi connectivity index (χ4v) is 4.12. The number of hydrogen-bond acceptors (Lipinski definition) is 4. The van der Waals surface area contributed by atoms with Gasteiger partial charge in [0.2, 0.25) is 0 Å². The van der Waals surface area contributed by atoms with Crippen molar-refractivity contribution in [2.45, 2.75) is 43.9 Å². The largest absolute Gasteiger partial charge is 0.369 e. The molecule has 2 aliphatic rings. The van der Waals surface area contributed by atoms with Gasteiger partial charge in [0.25, 0.3) is 0 Å². The minimum absolute atomic E-state index is 0.112. The van der Waals surface area contributed by atoms with E-state index in [1.54, 1.807) is 0 Å². The molecule has 0 spiro atoms. The molecule has 19 heavy (non-hydrogen) atoms. The van der Waals surface area contributed by atoms with E-state index in [4.69, 9.17) is 4.74 Å². The maximum absolute atomic E-state index is 6.00. The molecule has 106 valence electrons. The van der Waals surface area contributed by atoms with Gasteiger partial charge in [-0.3, -0.25) is 0 Å². The molecule has 2 aliphatic heterocycles. The van der Waals surface area contributed by atoms with E-state index in [1.807, 2.05) is 19.4 Å². The summed E-state index contributed by atoms with van der Waals surface area (Å²) in [6.45, 7) is 0.856. The number of nitrogens with one attached hydrogen (secondary N) is 1. The van der Waals surface area contributed by atoms with Gasteiger partial charge in [-0.2, -0.15) is 11.8 Å². The molecule has 1 aromatic heterocycles. The summed E-state index contributed by atoms with van der Waals surface area (Å²) >= 11 is 2.07. The van der Waals surface area contributed by atoms with Crippen LogP contribution >= 0.6 is 11.8 Å². The first kappa shape index (κ1) is 13.5. The summed E-state index contributed by atoms with van der Waals surface area (Å²) in [7, 11) is 2.05. The van der Waals surface area contributed by atoms with Gasteiger partial charge in [-0.05, 0) is 31.4 Å². The van der Waals surface area contributed by atoms with Crippen molar-refractivity contribution in [3.8, 4) is 0 Å². The number of ether oxygens (including phenoxy) is 1. The van der Waals surface area contributed by atoms with Gasteiger partial charge in [-0.25, -0.2) is 4.98 Å². The lowest BCUT2D eigenvalue weighted by Gasteiger charge is -2.35. The molecule has 0 aliphatic carbocycles. The van der Waals surface area contributed by atoms with Crippen LogP contribution < -0.4 is 5.32 Å². The first-order valence-corrected chi connectivity index (χ1v) is 8.42. The van der Waals surface area contributed by atoms with Crippen LogP contribution in [0.3, 0.4) is 0 Å². The van der Waals surface area contributed by atoms with Crippen molar-refractivity contribution in [1.29, 1.82) is 0 Å². The van der Waals surface area contributed by atoms with Crippen molar-refractivity contribution in [2.24, 2.45) is 7.05 Å². The van der Waals surface area contributed by atoms with E-state index in [0.29, 0.717) is 12.1 Å². The first-order chi connectivity index (χ1) is 9.34. The molecule has 0 aromatic carbocycles. The van der Waals surface area contributed by atoms with Crippen molar-refractivity contribution < 1.29 is 4.74 Å². The molecule has 0 radical (unpaired) electrons. The smallest absolute Gasteiger partial charge is 0.139 e. The van der Waals surface area contributed by atoms with Crippen LogP contribution in [0.25, 0.3) is 0 Å². The van der Waals surface area contributed by atoms with Crippen LogP contribution in [-0.4, -0.2) is 39.7 Å². The predicted octanol–water partition coefficient (Wildman–Crippen LogP) is 2.13. The highest BCUT2D eigenvalue weighted by atomic mass is 32.2. The number of nitrogens with zero attached hydrogens (tertiary/aromatic N) is 2. The molecular weight excluding hydrogens is 258 g/mol. The Hall–Kier alpha value is -0.520. The standard InChI is InChI=1S/C14H23N3OS/c1-17-7-6-15-14(17)13-12(5-2-8-18-13)16-11-4-3-9-19-10-11/h6-7,11-13,16H,2-5,8-10H2,1H3/t11-,12-,13-/m0/s1. The Labute approximate surface area is 119 Å². The van der Waals surface area contributed by atoms with Crippen LogP contribution in [0.4, 0.5) is 0 Å². The Bertz CT molecular complexity index is 403. The summed E-state index contributed by atoms with van der Waals surface area (Å²) in [6.07, 6.45) is 8.96. The second kappa shape index (κ2) is 6.29. The average Bonchev–Trinajstić information content (AvgIpc) is 2.87. The van der Waals surface area contributed by atoms with Crippen LogP contribution in [0, 0.1) is 0 Å². The minimum Gasteiger partial charge on any atom is -0.369 e. The van der Waals surface area contributed by atoms with Gasteiger partial charge in [0, 0.05) is 43.9 Å². The van der Waals surface area contributed by atoms with Gasteiger partial charge in [0.15, 0.2) is 0 Å². The number of aryl methyl sites for hydroxylation is 1. The molecule has 3 heterocycles. The van der Waals surface area contributed by atoms with E-state index in [9.17, 15) is 0 Å². The van der Waals surface area contributed by atoms with Crippen molar-refractivity contribution in [1.82, 2.24) is 14.9 Å². The van der Waals surface area contributed by atoms with Gasteiger partial charge in [-0.15, -0.1) is 0 Å². The zero-order chi connectivity index (χ0) is 13.1. The molecule has 5 heteroatoms. The van der Waals surface area contributed by atoms with E-state index < -0.39 is 0 Å². The van der Waals surface area contributed by atoms with Crippen LogP contribution in [0.1, 0.15) is 37.6 Å². The summed E-state index contributed by atoms with van der Waals surface area (Å²) in [5.74, 6) is 3.62. The molecule has 0 saturated carbocycles. The van der Waals surface area contributed by atoms with Crippen molar-refractivity contribution in [3.05, 3.63) is 18.2 Å². The van der Waals surface area contributed by atoms with Crippen LogP contribution in [0.15, 0.2) is 12.4 Å². The Morgan fingerprint density at radius 3 is 3.11 bits per heavy atom. The Balaban J connectivity index is 1.68. The van der Waals surface area contributed by atoms with Gasteiger partial charge in [-0.1, -0.05) is 0 Å². The maximum Gasteiger partial charge on any atom is 0.139 e. The van der Waals surface area contributed by atoms with Crippen molar-refractivity contribution >= 4 is 11.8 Å². The number of aromatic nitrogens is 2. The Kier molecular flexibility index (Phi) is 4.45. The first-order valence-electron chi connectivity index (χ1n) is 7.27. The summed E-state index contributed by atoms with van der Waals surface area (Å²) < 4.78 is 8.09. The summed E-state index contributed by atoms with van der Waals surface area (Å²) in [5.41, 5.74) is 0. The van der Waals surface area contributed by atoms with Crippen LogP contribution in [-0.2, 0) is 11.8 Å². The molecule has 0 amide bonds. The molecule has 4 nitrogen and oxygen atoms in total. The van der Waals surface area contributed by atoms with Crippen molar-refractivity contribution in [3.63, 3.8) is 0 Å². The third-order valence-electron chi connectivity index (χ3n) is 4.05. The fraction of sp³-hybridized carbons (Fsp3) is 0.786. The second-order valence-corrected chi connectivity index (χ2v) is 6.67. The zero-order valence-electron chi connectivity index (χ0n) is 11.5. The number of thioether (sulfide) groups is 1. The third kappa shape index (κ3) is 3.15. The monoisotopic (exact) mass is 281 g/mol. The lowest BCUT2D eigenvalue weighted by atomic mass is 10.00. The highest BCUT2D eigenvalue weighted by molar-refractivity contribution is 7.99. The second-order valence-electron chi connectivity index (χ2n) is 5.52. The van der Waals surface area contributed by atoms with E-state index in [0.717, 1.165) is 18.9 Å². The molecule has 3 rings (SSSR count). The Morgan fingerprint density at radius 2 is 2.37 bits per heavy atom. The number of imidazole rings is 1. The molecule has 0 bridgehead atoms. The van der Waals surface area contributed by atoms with E-state index >= 15 is 0 Å². The molecule has 1 N–H and O–H groups in total.